The molecule has 1 amide bonds. The molecule has 3 rings (SSSR count). The summed E-state index contributed by atoms with van der Waals surface area (Å²) in [5.74, 6) is 0.740. The van der Waals surface area contributed by atoms with E-state index in [2.05, 4.69) is 9.97 Å². The van der Waals surface area contributed by atoms with Gasteiger partial charge in [0.1, 0.15) is 0 Å². The SMILES string of the molecule is CC(=O)N1CCC[C@@H](CCCOc2ncc(B3OC(C)(C)C(C)(C)O3)cn2)C1. The molecule has 0 spiro atoms. The van der Waals surface area contributed by atoms with Crippen molar-refractivity contribution in [3.05, 3.63) is 12.4 Å². The Labute approximate surface area is 168 Å². The summed E-state index contributed by atoms with van der Waals surface area (Å²) in [5.41, 5.74) is 0.0194. The van der Waals surface area contributed by atoms with Gasteiger partial charge in [-0.15, -0.1) is 0 Å². The van der Waals surface area contributed by atoms with E-state index >= 15 is 0 Å². The summed E-state index contributed by atoms with van der Waals surface area (Å²) in [6, 6.07) is 0.370. The number of likely N-dealkylation sites (tertiary alicyclic amines) is 1. The van der Waals surface area contributed by atoms with Crippen molar-refractivity contribution in [1.29, 1.82) is 0 Å². The minimum Gasteiger partial charge on any atom is -0.463 e. The number of amides is 1. The number of ether oxygens (including phenoxy) is 1. The lowest BCUT2D eigenvalue weighted by Gasteiger charge is -2.32. The Morgan fingerprint density at radius 2 is 1.89 bits per heavy atom. The van der Waals surface area contributed by atoms with Gasteiger partial charge in [-0.2, -0.15) is 0 Å². The zero-order valence-electron chi connectivity index (χ0n) is 17.7. The fourth-order valence-electron chi connectivity index (χ4n) is 3.62. The molecule has 2 saturated heterocycles. The van der Waals surface area contributed by atoms with Gasteiger partial charge in [-0.1, -0.05) is 0 Å². The Hall–Kier alpha value is -1.67. The monoisotopic (exact) mass is 389 g/mol. The topological polar surface area (TPSA) is 73.8 Å². The second-order valence-electron chi connectivity index (χ2n) is 8.85. The summed E-state index contributed by atoms with van der Waals surface area (Å²) in [4.78, 5) is 22.1. The number of piperidine rings is 1. The van der Waals surface area contributed by atoms with E-state index in [0.29, 0.717) is 18.5 Å². The van der Waals surface area contributed by atoms with Crippen LogP contribution in [0.2, 0.25) is 0 Å². The Morgan fingerprint density at radius 1 is 1.25 bits per heavy atom. The first-order valence-corrected chi connectivity index (χ1v) is 10.2. The molecule has 0 bridgehead atoms. The van der Waals surface area contributed by atoms with Crippen molar-refractivity contribution in [1.82, 2.24) is 14.9 Å². The van der Waals surface area contributed by atoms with Crippen LogP contribution >= 0.6 is 0 Å². The Morgan fingerprint density at radius 3 is 2.50 bits per heavy atom. The highest BCUT2D eigenvalue weighted by Gasteiger charge is 2.51. The molecule has 0 aromatic carbocycles. The van der Waals surface area contributed by atoms with Crippen LogP contribution < -0.4 is 10.2 Å². The van der Waals surface area contributed by atoms with Crippen LogP contribution in [-0.4, -0.2) is 58.8 Å². The summed E-state index contributed by atoms with van der Waals surface area (Å²) < 4.78 is 17.7. The largest absolute Gasteiger partial charge is 0.498 e. The number of carbonyl (C=O) groups is 1. The van der Waals surface area contributed by atoms with Crippen molar-refractivity contribution < 1.29 is 18.8 Å². The van der Waals surface area contributed by atoms with E-state index in [1.807, 2.05) is 32.6 Å². The normalized spacial score (nSPS) is 23.7. The zero-order valence-corrected chi connectivity index (χ0v) is 17.7. The predicted molar refractivity (Wildman–Crippen MR) is 107 cm³/mol. The average molecular weight is 389 g/mol. The van der Waals surface area contributed by atoms with Crippen molar-refractivity contribution in [3.63, 3.8) is 0 Å². The molecule has 2 aliphatic heterocycles. The van der Waals surface area contributed by atoms with Gasteiger partial charge in [-0.3, -0.25) is 4.79 Å². The van der Waals surface area contributed by atoms with Gasteiger partial charge >= 0.3 is 13.1 Å². The predicted octanol–water partition coefficient (Wildman–Crippen LogP) is 2.19. The van der Waals surface area contributed by atoms with Crippen LogP contribution in [0.5, 0.6) is 6.01 Å². The molecule has 2 aliphatic rings. The third-order valence-corrected chi connectivity index (χ3v) is 6.13. The number of aromatic nitrogens is 2. The molecule has 0 radical (unpaired) electrons. The van der Waals surface area contributed by atoms with Crippen molar-refractivity contribution in [2.24, 2.45) is 5.92 Å². The van der Waals surface area contributed by atoms with Gasteiger partial charge < -0.3 is 18.9 Å². The lowest BCUT2D eigenvalue weighted by Crippen LogP contribution is -2.41. The average Bonchev–Trinajstić information content (AvgIpc) is 2.87. The molecule has 0 unspecified atom stereocenters. The number of hydrogen-bond acceptors (Lipinski definition) is 6. The number of rotatable bonds is 6. The smallest absolute Gasteiger partial charge is 0.463 e. The van der Waals surface area contributed by atoms with Crippen molar-refractivity contribution >= 4 is 18.5 Å². The van der Waals surface area contributed by atoms with Gasteiger partial charge in [0.15, 0.2) is 0 Å². The highest BCUT2D eigenvalue weighted by molar-refractivity contribution is 6.61. The molecule has 0 saturated carbocycles. The first-order valence-electron chi connectivity index (χ1n) is 10.2. The number of carbonyl (C=O) groups excluding carboxylic acids is 1. The Balaban J connectivity index is 1.42. The zero-order chi connectivity index (χ0) is 20.4. The molecule has 3 heterocycles. The van der Waals surface area contributed by atoms with E-state index in [-0.39, 0.29) is 17.1 Å². The molecule has 1 aromatic rings. The molecular formula is C20H32BN3O4. The van der Waals surface area contributed by atoms with E-state index in [9.17, 15) is 4.79 Å². The first kappa shape index (κ1) is 21.1. The fraction of sp³-hybridized carbons (Fsp3) is 0.750. The molecule has 0 aliphatic carbocycles. The van der Waals surface area contributed by atoms with Crippen LogP contribution in [0, 0.1) is 5.92 Å². The molecule has 2 fully saturated rings. The first-order chi connectivity index (χ1) is 13.2. The van der Waals surface area contributed by atoms with Gasteiger partial charge in [0.05, 0.1) is 17.8 Å². The minimum absolute atomic E-state index is 0.177. The quantitative estimate of drug-likeness (QED) is 0.549. The molecule has 28 heavy (non-hydrogen) atoms. The van der Waals surface area contributed by atoms with E-state index in [1.165, 1.54) is 6.42 Å². The molecular weight excluding hydrogens is 357 g/mol. The van der Waals surface area contributed by atoms with Gasteiger partial charge in [-0.25, -0.2) is 9.97 Å². The second kappa shape index (κ2) is 8.37. The maximum atomic E-state index is 11.5. The summed E-state index contributed by atoms with van der Waals surface area (Å²) >= 11 is 0. The second-order valence-corrected chi connectivity index (χ2v) is 8.85. The van der Waals surface area contributed by atoms with Crippen LogP contribution in [0.3, 0.4) is 0 Å². The van der Waals surface area contributed by atoms with E-state index in [1.54, 1.807) is 19.3 Å². The van der Waals surface area contributed by atoms with Crippen LogP contribution in [0.25, 0.3) is 0 Å². The van der Waals surface area contributed by atoms with Gasteiger partial charge in [0.2, 0.25) is 5.91 Å². The van der Waals surface area contributed by atoms with Crippen molar-refractivity contribution in [3.8, 4) is 6.01 Å². The van der Waals surface area contributed by atoms with Crippen LogP contribution in [0.1, 0.15) is 60.3 Å². The molecule has 8 heteroatoms. The number of nitrogens with zero attached hydrogens (tertiary/aromatic N) is 3. The van der Waals surface area contributed by atoms with Crippen LogP contribution in [0.4, 0.5) is 0 Å². The third kappa shape index (κ3) is 4.84. The van der Waals surface area contributed by atoms with E-state index in [4.69, 9.17) is 14.0 Å². The molecule has 154 valence electrons. The summed E-state index contributed by atoms with van der Waals surface area (Å²) in [5, 5.41) is 0. The highest BCUT2D eigenvalue weighted by atomic mass is 16.7. The van der Waals surface area contributed by atoms with E-state index in [0.717, 1.165) is 37.8 Å². The van der Waals surface area contributed by atoms with Crippen LogP contribution in [-0.2, 0) is 14.1 Å². The Kier molecular flexibility index (Phi) is 6.29. The van der Waals surface area contributed by atoms with Gasteiger partial charge in [0, 0.05) is 37.9 Å². The Bertz CT molecular complexity index is 665. The van der Waals surface area contributed by atoms with Crippen LogP contribution in [0.15, 0.2) is 12.4 Å². The standard InChI is InChI=1S/C20H32BN3O4/c1-15(25)24-10-6-8-16(14-24)9-7-11-26-18-22-12-17(13-23-18)21-27-19(2,3)20(4,5)28-21/h12-13,16H,6-11,14H2,1-5H3/t16-/m0/s1. The third-order valence-electron chi connectivity index (χ3n) is 6.13. The summed E-state index contributed by atoms with van der Waals surface area (Å²) in [7, 11) is -0.463. The van der Waals surface area contributed by atoms with Gasteiger partial charge in [-0.05, 0) is 59.3 Å². The molecule has 1 aromatic heterocycles. The maximum absolute atomic E-state index is 11.5. The fourth-order valence-corrected chi connectivity index (χ4v) is 3.62. The lowest BCUT2D eigenvalue weighted by molar-refractivity contribution is -0.130. The van der Waals surface area contributed by atoms with Crippen molar-refractivity contribution in [2.45, 2.75) is 71.5 Å². The van der Waals surface area contributed by atoms with Crippen molar-refractivity contribution in [2.75, 3.05) is 19.7 Å². The van der Waals surface area contributed by atoms with E-state index < -0.39 is 7.12 Å². The summed E-state index contributed by atoms with van der Waals surface area (Å²) in [6.07, 6.45) is 7.67. The molecule has 0 N–H and O–H groups in total. The molecule has 7 nitrogen and oxygen atoms in total. The summed E-state index contributed by atoms with van der Waals surface area (Å²) in [6.45, 7) is 12.1. The highest BCUT2D eigenvalue weighted by Crippen LogP contribution is 2.36. The van der Waals surface area contributed by atoms with Gasteiger partial charge in [0.25, 0.3) is 0 Å². The minimum atomic E-state index is -0.463. The molecule has 1 atom stereocenters. The number of hydrogen-bond donors (Lipinski definition) is 0. The maximum Gasteiger partial charge on any atom is 0.498 e. The lowest BCUT2D eigenvalue weighted by atomic mass is 9.81.